The number of hydrogen-bond acceptors (Lipinski definition) is 4. The summed E-state index contributed by atoms with van der Waals surface area (Å²) in [6.07, 6.45) is 4.03. The van der Waals surface area contributed by atoms with Crippen LogP contribution in [0.2, 0.25) is 0 Å². The average molecular weight is 378 g/mol. The lowest BCUT2D eigenvalue weighted by Gasteiger charge is -2.35. The molecule has 1 atom stereocenters. The molecule has 0 heterocycles. The van der Waals surface area contributed by atoms with Gasteiger partial charge in [0.15, 0.2) is 17.5 Å². The summed E-state index contributed by atoms with van der Waals surface area (Å²) in [5.41, 5.74) is 1.20. The molecule has 6 heteroatoms. The average Bonchev–Trinajstić information content (AvgIpc) is 2.67. The predicted molar refractivity (Wildman–Crippen MR) is 110 cm³/mol. The first-order valence-corrected chi connectivity index (χ1v) is 9.83. The number of aliphatic hydroxyl groups excluding tert-OH is 1. The van der Waals surface area contributed by atoms with Crippen molar-refractivity contribution < 1.29 is 14.6 Å². The van der Waals surface area contributed by atoms with Crippen molar-refractivity contribution in [3.05, 3.63) is 23.8 Å². The van der Waals surface area contributed by atoms with Crippen LogP contribution in [0, 0.1) is 5.41 Å². The molecule has 0 saturated heterocycles. The largest absolute Gasteiger partial charge is 0.493 e. The monoisotopic (exact) mass is 377 g/mol. The minimum atomic E-state index is -0.703. The number of aliphatic hydroxyl groups is 1. The van der Waals surface area contributed by atoms with Crippen LogP contribution in [-0.2, 0) is 0 Å². The molecule has 1 aromatic carbocycles. The molecule has 2 rings (SSSR count). The van der Waals surface area contributed by atoms with Crippen LogP contribution in [0.1, 0.15) is 58.1 Å². The van der Waals surface area contributed by atoms with Gasteiger partial charge in [0.2, 0.25) is 0 Å². The van der Waals surface area contributed by atoms with E-state index in [2.05, 4.69) is 29.5 Å². The zero-order valence-corrected chi connectivity index (χ0v) is 17.3. The minimum absolute atomic E-state index is 0.281. The van der Waals surface area contributed by atoms with E-state index in [1.54, 1.807) is 26.4 Å². The molecule has 1 aliphatic rings. The Kier molecular flexibility index (Phi) is 7.78. The molecule has 1 unspecified atom stereocenters. The molecule has 1 saturated carbocycles. The molecular weight excluding hydrogens is 342 g/mol. The van der Waals surface area contributed by atoms with Crippen LogP contribution in [0.5, 0.6) is 11.5 Å². The van der Waals surface area contributed by atoms with E-state index < -0.39 is 6.10 Å². The van der Waals surface area contributed by atoms with E-state index in [1.165, 1.54) is 12.8 Å². The molecule has 1 aromatic rings. The third kappa shape index (κ3) is 6.31. The van der Waals surface area contributed by atoms with Gasteiger partial charge in [-0.1, -0.05) is 19.9 Å². The lowest BCUT2D eigenvalue weighted by atomic mass is 9.75. The van der Waals surface area contributed by atoms with Gasteiger partial charge in [-0.25, -0.2) is 0 Å². The molecule has 1 fully saturated rings. The van der Waals surface area contributed by atoms with Gasteiger partial charge >= 0.3 is 0 Å². The summed E-state index contributed by atoms with van der Waals surface area (Å²) < 4.78 is 10.6. The highest BCUT2D eigenvalue weighted by atomic mass is 16.5. The molecule has 0 aliphatic heterocycles. The molecule has 3 N–H and O–H groups in total. The molecule has 27 heavy (non-hydrogen) atoms. The van der Waals surface area contributed by atoms with E-state index in [9.17, 15) is 5.11 Å². The maximum Gasteiger partial charge on any atom is 0.191 e. The van der Waals surface area contributed by atoms with Gasteiger partial charge in [0, 0.05) is 12.6 Å². The maximum atomic E-state index is 10.5. The molecule has 0 bridgehead atoms. The van der Waals surface area contributed by atoms with Gasteiger partial charge in [0.25, 0.3) is 0 Å². The smallest absolute Gasteiger partial charge is 0.191 e. The van der Waals surface area contributed by atoms with Crippen LogP contribution in [0.4, 0.5) is 0 Å². The van der Waals surface area contributed by atoms with Crippen molar-refractivity contribution in [2.45, 2.75) is 58.6 Å². The van der Waals surface area contributed by atoms with Crippen molar-refractivity contribution in [3.8, 4) is 11.5 Å². The van der Waals surface area contributed by atoms with E-state index in [0.717, 1.165) is 30.9 Å². The first kappa shape index (κ1) is 21.4. The number of aliphatic imine (C=N–C) groups is 1. The van der Waals surface area contributed by atoms with Gasteiger partial charge in [-0.3, -0.25) is 4.99 Å². The number of hydrogen-bond donors (Lipinski definition) is 3. The number of methoxy groups -OCH3 is 2. The van der Waals surface area contributed by atoms with Crippen LogP contribution in [0.25, 0.3) is 0 Å². The Labute approximate surface area is 163 Å². The lowest BCUT2D eigenvalue weighted by molar-refractivity contribution is 0.186. The van der Waals surface area contributed by atoms with Crippen molar-refractivity contribution in [2.75, 3.05) is 27.3 Å². The van der Waals surface area contributed by atoms with E-state index in [4.69, 9.17) is 9.47 Å². The molecular formula is C21H35N3O3. The van der Waals surface area contributed by atoms with Crippen LogP contribution in [0.3, 0.4) is 0 Å². The van der Waals surface area contributed by atoms with E-state index in [-0.39, 0.29) is 6.54 Å². The van der Waals surface area contributed by atoms with Crippen molar-refractivity contribution >= 4 is 5.96 Å². The second-order valence-electron chi connectivity index (χ2n) is 7.93. The quantitative estimate of drug-likeness (QED) is 0.502. The van der Waals surface area contributed by atoms with E-state index in [0.29, 0.717) is 23.0 Å². The van der Waals surface area contributed by atoms with Crippen molar-refractivity contribution in [3.63, 3.8) is 0 Å². The van der Waals surface area contributed by atoms with Crippen LogP contribution in [0.15, 0.2) is 23.2 Å². The number of nitrogens with one attached hydrogen (secondary N) is 2. The second-order valence-corrected chi connectivity index (χ2v) is 7.93. The van der Waals surface area contributed by atoms with Crippen LogP contribution < -0.4 is 20.1 Å². The molecule has 1 aliphatic carbocycles. The first-order chi connectivity index (χ1) is 12.9. The Morgan fingerprint density at radius 3 is 2.48 bits per heavy atom. The van der Waals surface area contributed by atoms with Gasteiger partial charge in [0.1, 0.15) is 0 Å². The standard InChI is InChI=1S/C21H35N3O3/c1-6-22-20(24-16-9-11-21(2,3)12-10-16)23-14-17(25)15-7-8-18(26-4)19(13-15)27-5/h7-8,13,16-17,25H,6,9-12,14H2,1-5H3,(H2,22,23,24). The summed E-state index contributed by atoms with van der Waals surface area (Å²) in [6.45, 7) is 7.79. The third-order valence-corrected chi connectivity index (χ3v) is 5.24. The van der Waals surface area contributed by atoms with Crippen molar-refractivity contribution in [1.82, 2.24) is 10.6 Å². The molecule has 0 aromatic heterocycles. The fourth-order valence-corrected chi connectivity index (χ4v) is 3.40. The number of ether oxygens (including phenoxy) is 2. The summed E-state index contributed by atoms with van der Waals surface area (Å²) >= 11 is 0. The molecule has 0 amide bonds. The summed E-state index contributed by atoms with van der Waals surface area (Å²) in [5, 5.41) is 17.3. The van der Waals surface area contributed by atoms with Gasteiger partial charge in [-0.2, -0.15) is 0 Å². The normalized spacial score (nSPS) is 18.7. The van der Waals surface area contributed by atoms with Crippen molar-refractivity contribution in [2.24, 2.45) is 10.4 Å². The highest BCUT2D eigenvalue weighted by Crippen LogP contribution is 2.35. The molecule has 152 valence electrons. The number of guanidine groups is 1. The Morgan fingerprint density at radius 2 is 1.89 bits per heavy atom. The summed E-state index contributed by atoms with van der Waals surface area (Å²) in [5.74, 6) is 2.02. The van der Waals surface area contributed by atoms with Crippen molar-refractivity contribution in [1.29, 1.82) is 0 Å². The highest BCUT2D eigenvalue weighted by molar-refractivity contribution is 5.80. The number of benzene rings is 1. The van der Waals surface area contributed by atoms with Gasteiger partial charge in [-0.15, -0.1) is 0 Å². The fourth-order valence-electron chi connectivity index (χ4n) is 3.40. The van der Waals surface area contributed by atoms with Gasteiger partial charge in [-0.05, 0) is 55.7 Å². The topological polar surface area (TPSA) is 75.1 Å². The van der Waals surface area contributed by atoms with E-state index >= 15 is 0 Å². The van der Waals surface area contributed by atoms with Gasteiger partial charge in [0.05, 0.1) is 26.9 Å². The predicted octanol–water partition coefficient (Wildman–Crippen LogP) is 3.26. The van der Waals surface area contributed by atoms with Gasteiger partial charge < -0.3 is 25.2 Å². The Bertz CT molecular complexity index is 621. The first-order valence-electron chi connectivity index (χ1n) is 9.83. The fraction of sp³-hybridized carbons (Fsp3) is 0.667. The lowest BCUT2D eigenvalue weighted by Crippen LogP contribution is -2.45. The number of nitrogens with zero attached hydrogens (tertiary/aromatic N) is 1. The molecule has 0 spiro atoms. The number of rotatable bonds is 7. The van der Waals surface area contributed by atoms with E-state index in [1.807, 2.05) is 13.0 Å². The zero-order valence-electron chi connectivity index (χ0n) is 17.3. The minimum Gasteiger partial charge on any atom is -0.493 e. The SMILES string of the molecule is CCNC(=NCC(O)c1ccc(OC)c(OC)c1)NC1CCC(C)(C)CC1. The second kappa shape index (κ2) is 9.83. The summed E-state index contributed by atoms with van der Waals surface area (Å²) in [4.78, 5) is 4.59. The summed E-state index contributed by atoms with van der Waals surface area (Å²) in [6, 6.07) is 5.87. The summed E-state index contributed by atoms with van der Waals surface area (Å²) in [7, 11) is 3.18. The highest BCUT2D eigenvalue weighted by Gasteiger charge is 2.27. The Morgan fingerprint density at radius 1 is 1.22 bits per heavy atom. The van der Waals surface area contributed by atoms with Crippen LogP contribution >= 0.6 is 0 Å². The molecule has 0 radical (unpaired) electrons. The third-order valence-electron chi connectivity index (χ3n) is 5.24. The Hall–Kier alpha value is -1.95. The zero-order chi connectivity index (χ0) is 19.9. The Balaban J connectivity index is 1.99. The van der Waals surface area contributed by atoms with Crippen LogP contribution in [-0.4, -0.2) is 44.4 Å². The maximum absolute atomic E-state index is 10.5. The molecule has 6 nitrogen and oxygen atoms in total.